The first-order valence-electron chi connectivity index (χ1n) is 7.64. The highest BCUT2D eigenvalue weighted by Gasteiger charge is 2.26. The Morgan fingerprint density at radius 1 is 1.36 bits per heavy atom. The van der Waals surface area contributed by atoms with E-state index >= 15 is 0 Å². The van der Waals surface area contributed by atoms with E-state index in [0.717, 1.165) is 35.1 Å². The zero-order chi connectivity index (χ0) is 17.4. The van der Waals surface area contributed by atoms with Gasteiger partial charge in [-0.15, -0.1) is 11.3 Å². The molecule has 0 saturated heterocycles. The summed E-state index contributed by atoms with van der Waals surface area (Å²) in [4.78, 5) is 33.5. The fraction of sp³-hybridized carbons (Fsp3) is 0.267. The number of amides is 2. The summed E-state index contributed by atoms with van der Waals surface area (Å²) in [7, 11) is 0. The molecule has 0 aromatic carbocycles. The molecule has 1 aliphatic rings. The first-order valence-corrected chi connectivity index (χ1v) is 9.44. The van der Waals surface area contributed by atoms with E-state index < -0.39 is 5.91 Å². The Morgan fingerprint density at radius 2 is 2.24 bits per heavy atom. The number of rotatable bonds is 5. The van der Waals surface area contributed by atoms with Crippen LogP contribution in [0.25, 0.3) is 11.0 Å². The molecule has 0 fully saturated rings. The molecule has 3 aromatic heterocycles. The summed E-state index contributed by atoms with van der Waals surface area (Å²) in [5.74, 6) is -0.529. The number of anilines is 1. The van der Waals surface area contributed by atoms with Gasteiger partial charge in [0.25, 0.3) is 5.91 Å². The molecule has 0 radical (unpaired) electrons. The summed E-state index contributed by atoms with van der Waals surface area (Å²) in [6.07, 6.45) is 5.86. The molecule has 3 heterocycles. The largest absolute Gasteiger partial charge is 0.365 e. The lowest BCUT2D eigenvalue weighted by atomic mass is 10.1. The number of nitrogens with two attached hydrogens (primary N) is 1. The van der Waals surface area contributed by atoms with Crippen LogP contribution < -0.4 is 11.1 Å². The Morgan fingerprint density at radius 3 is 3.08 bits per heavy atom. The topological polar surface area (TPSA) is 127 Å². The minimum Gasteiger partial charge on any atom is -0.365 e. The molecule has 10 heteroatoms. The number of nitrogens with zero attached hydrogens (tertiary/aromatic N) is 3. The number of carbonyl (C=O) groups excluding carboxylic acids is 2. The van der Waals surface area contributed by atoms with Gasteiger partial charge < -0.3 is 11.1 Å². The lowest BCUT2D eigenvalue weighted by Crippen LogP contribution is -2.19. The summed E-state index contributed by atoms with van der Waals surface area (Å²) in [6.45, 7) is 0. The van der Waals surface area contributed by atoms with E-state index in [1.807, 2.05) is 0 Å². The van der Waals surface area contributed by atoms with Gasteiger partial charge in [-0.2, -0.15) is 5.10 Å². The molecule has 3 aromatic rings. The predicted octanol–water partition coefficient (Wildman–Crippen LogP) is 1.73. The molecule has 2 amide bonds. The maximum absolute atomic E-state index is 12.3. The Bertz CT molecular complexity index is 980. The van der Waals surface area contributed by atoms with Crippen molar-refractivity contribution in [2.45, 2.75) is 24.3 Å². The lowest BCUT2D eigenvalue weighted by Gasteiger charge is -2.06. The van der Waals surface area contributed by atoms with E-state index in [2.05, 4.69) is 25.5 Å². The fourth-order valence-corrected chi connectivity index (χ4v) is 4.98. The summed E-state index contributed by atoms with van der Waals surface area (Å²) in [6, 6.07) is 0. The molecule has 25 heavy (non-hydrogen) atoms. The van der Waals surface area contributed by atoms with E-state index in [1.165, 1.54) is 29.4 Å². The maximum Gasteiger partial charge on any atom is 0.251 e. The molecule has 0 spiro atoms. The van der Waals surface area contributed by atoms with Gasteiger partial charge in [0.2, 0.25) is 5.91 Å². The van der Waals surface area contributed by atoms with Gasteiger partial charge in [0.15, 0.2) is 5.65 Å². The summed E-state index contributed by atoms with van der Waals surface area (Å²) >= 11 is 2.74. The average Bonchev–Trinajstić information content (AvgIpc) is 3.27. The molecule has 0 aliphatic heterocycles. The molecule has 4 rings (SSSR count). The van der Waals surface area contributed by atoms with Crippen LogP contribution in [0.1, 0.15) is 27.2 Å². The summed E-state index contributed by atoms with van der Waals surface area (Å²) in [5.41, 5.74) is 7.60. The van der Waals surface area contributed by atoms with E-state index in [-0.39, 0.29) is 11.7 Å². The average molecular weight is 374 g/mol. The van der Waals surface area contributed by atoms with Crippen molar-refractivity contribution in [1.29, 1.82) is 0 Å². The van der Waals surface area contributed by atoms with Crippen molar-refractivity contribution >= 4 is 50.9 Å². The second kappa shape index (κ2) is 6.45. The van der Waals surface area contributed by atoms with Gasteiger partial charge in [-0.1, -0.05) is 11.8 Å². The predicted molar refractivity (Wildman–Crippen MR) is 95.9 cm³/mol. The van der Waals surface area contributed by atoms with E-state index in [1.54, 1.807) is 6.20 Å². The number of aromatic amines is 1. The van der Waals surface area contributed by atoms with Gasteiger partial charge in [0, 0.05) is 4.88 Å². The van der Waals surface area contributed by atoms with Crippen molar-refractivity contribution in [3.63, 3.8) is 0 Å². The number of H-pyrrole nitrogens is 1. The van der Waals surface area contributed by atoms with Gasteiger partial charge in [0.1, 0.15) is 16.4 Å². The quantitative estimate of drug-likeness (QED) is 0.461. The highest BCUT2D eigenvalue weighted by atomic mass is 32.2. The van der Waals surface area contributed by atoms with Crippen molar-refractivity contribution in [2.75, 3.05) is 11.1 Å². The van der Waals surface area contributed by atoms with Crippen LogP contribution in [0, 0.1) is 0 Å². The van der Waals surface area contributed by atoms with Gasteiger partial charge in [-0.05, 0) is 24.8 Å². The SMILES string of the molecule is NC(=O)c1c(NC(=O)CSc2ncnc3[nH]ncc23)sc2c1CCC2. The third-order valence-electron chi connectivity index (χ3n) is 3.97. The van der Waals surface area contributed by atoms with Gasteiger partial charge in [0.05, 0.1) is 22.9 Å². The van der Waals surface area contributed by atoms with Crippen molar-refractivity contribution in [3.05, 3.63) is 28.5 Å². The Hall–Kier alpha value is -2.46. The van der Waals surface area contributed by atoms with Crippen LogP contribution in [0.3, 0.4) is 0 Å². The lowest BCUT2D eigenvalue weighted by molar-refractivity contribution is -0.113. The van der Waals surface area contributed by atoms with Crippen molar-refractivity contribution in [1.82, 2.24) is 20.2 Å². The van der Waals surface area contributed by atoms with Crippen LogP contribution in [-0.2, 0) is 17.6 Å². The Labute approximate surface area is 150 Å². The zero-order valence-electron chi connectivity index (χ0n) is 13.0. The number of hydrogen-bond acceptors (Lipinski definition) is 7. The molecule has 128 valence electrons. The van der Waals surface area contributed by atoms with Gasteiger partial charge in [-0.3, -0.25) is 14.7 Å². The highest BCUT2D eigenvalue weighted by Crippen LogP contribution is 2.39. The van der Waals surface area contributed by atoms with Crippen molar-refractivity contribution in [2.24, 2.45) is 5.73 Å². The van der Waals surface area contributed by atoms with Crippen LogP contribution in [0.15, 0.2) is 17.6 Å². The second-order valence-electron chi connectivity index (χ2n) is 5.57. The van der Waals surface area contributed by atoms with E-state index in [9.17, 15) is 9.59 Å². The number of thioether (sulfide) groups is 1. The molecule has 1 aliphatic carbocycles. The molecule has 4 N–H and O–H groups in total. The van der Waals surface area contributed by atoms with Crippen LogP contribution >= 0.6 is 23.1 Å². The minimum atomic E-state index is -0.488. The number of fused-ring (bicyclic) bond motifs is 2. The van der Waals surface area contributed by atoms with Crippen molar-refractivity contribution < 1.29 is 9.59 Å². The molecule has 0 atom stereocenters. The smallest absolute Gasteiger partial charge is 0.251 e. The number of nitrogens with one attached hydrogen (secondary N) is 2. The first-order chi connectivity index (χ1) is 12.1. The number of aromatic nitrogens is 4. The number of carbonyl (C=O) groups is 2. The molecule has 0 saturated carbocycles. The molecule has 0 unspecified atom stereocenters. The zero-order valence-corrected chi connectivity index (χ0v) is 14.7. The van der Waals surface area contributed by atoms with Crippen LogP contribution in [-0.4, -0.2) is 37.7 Å². The van der Waals surface area contributed by atoms with Crippen LogP contribution in [0.4, 0.5) is 5.00 Å². The molecule has 0 bridgehead atoms. The molecule has 8 nitrogen and oxygen atoms in total. The third-order valence-corrected chi connectivity index (χ3v) is 6.18. The van der Waals surface area contributed by atoms with Crippen LogP contribution in [0.2, 0.25) is 0 Å². The third kappa shape index (κ3) is 2.98. The standard InChI is InChI=1S/C15H14N6O2S2/c16-12(23)11-7-2-1-3-9(7)25-15(11)20-10(22)5-24-14-8-4-19-21-13(8)17-6-18-14/h4,6H,1-3,5H2,(H2,16,23)(H,20,22)(H,17,18,19,21). The number of thiophene rings is 1. The summed E-state index contributed by atoms with van der Waals surface area (Å²) < 4.78 is 0. The van der Waals surface area contributed by atoms with Crippen LogP contribution in [0.5, 0.6) is 0 Å². The molecular formula is C15H14N6O2S2. The molecular weight excluding hydrogens is 360 g/mol. The Balaban J connectivity index is 1.48. The van der Waals surface area contributed by atoms with Crippen molar-refractivity contribution in [3.8, 4) is 0 Å². The number of hydrogen-bond donors (Lipinski definition) is 3. The Kier molecular flexibility index (Phi) is 4.14. The number of aryl methyl sites for hydroxylation is 1. The minimum absolute atomic E-state index is 0.165. The highest BCUT2D eigenvalue weighted by molar-refractivity contribution is 8.00. The first kappa shape index (κ1) is 16.0. The van der Waals surface area contributed by atoms with Gasteiger partial charge in [-0.25, -0.2) is 9.97 Å². The van der Waals surface area contributed by atoms with E-state index in [0.29, 0.717) is 21.2 Å². The summed E-state index contributed by atoms with van der Waals surface area (Å²) in [5, 5.41) is 11.5. The second-order valence-corrected chi connectivity index (χ2v) is 7.64. The normalized spacial score (nSPS) is 13.1. The fourth-order valence-electron chi connectivity index (χ4n) is 2.91. The number of primary amides is 1. The monoisotopic (exact) mass is 374 g/mol. The maximum atomic E-state index is 12.3. The van der Waals surface area contributed by atoms with E-state index in [4.69, 9.17) is 5.73 Å². The van der Waals surface area contributed by atoms with Gasteiger partial charge >= 0.3 is 0 Å².